The van der Waals surface area contributed by atoms with Crippen molar-refractivity contribution >= 4 is 5.82 Å². The fourth-order valence-corrected chi connectivity index (χ4v) is 2.16. The summed E-state index contributed by atoms with van der Waals surface area (Å²) in [6.45, 7) is -0.589. The van der Waals surface area contributed by atoms with Crippen molar-refractivity contribution in [2.45, 2.75) is 20.1 Å². The minimum absolute atomic E-state index is 0.0246. The van der Waals surface area contributed by atoms with E-state index in [4.69, 9.17) is 0 Å². The first kappa shape index (κ1) is 16.7. The molecule has 8 heteroatoms. The molecule has 0 spiro atoms. The molecular formula is C17H15F2N5O. The molecule has 3 heterocycles. The normalized spacial score (nSPS) is 10.7. The highest BCUT2D eigenvalue weighted by Gasteiger charge is 2.07. The van der Waals surface area contributed by atoms with E-state index in [-0.39, 0.29) is 5.75 Å². The average Bonchev–Trinajstić information content (AvgIpc) is 2.61. The molecule has 0 aliphatic rings. The van der Waals surface area contributed by atoms with Crippen LogP contribution in [0.25, 0.3) is 11.4 Å². The quantitative estimate of drug-likeness (QED) is 0.739. The summed E-state index contributed by atoms with van der Waals surface area (Å²) in [7, 11) is 0. The number of aryl methyl sites for hydroxylation is 1. The Labute approximate surface area is 143 Å². The van der Waals surface area contributed by atoms with E-state index < -0.39 is 6.61 Å². The van der Waals surface area contributed by atoms with E-state index in [0.717, 1.165) is 11.3 Å². The number of hydrogen-bond donors (Lipinski definition) is 1. The van der Waals surface area contributed by atoms with E-state index in [9.17, 15) is 8.78 Å². The second kappa shape index (κ2) is 7.61. The van der Waals surface area contributed by atoms with Gasteiger partial charge in [0.2, 0.25) is 0 Å². The second-order valence-electron chi connectivity index (χ2n) is 5.17. The molecule has 128 valence electrons. The number of nitrogens with zero attached hydrogens (tertiary/aromatic N) is 4. The van der Waals surface area contributed by atoms with Gasteiger partial charge in [-0.3, -0.25) is 9.97 Å². The fourth-order valence-electron chi connectivity index (χ4n) is 2.16. The molecule has 0 fully saturated rings. The Morgan fingerprint density at radius 3 is 2.60 bits per heavy atom. The summed E-state index contributed by atoms with van der Waals surface area (Å²) in [6, 6.07) is 8.55. The SMILES string of the molecule is Cc1cc(NCc2ccc(OC(F)F)cn2)nc(-c2ccncc2)n1. The molecule has 0 atom stereocenters. The summed E-state index contributed by atoms with van der Waals surface area (Å²) in [5.74, 6) is 1.27. The topological polar surface area (TPSA) is 72.8 Å². The fraction of sp³-hybridized carbons (Fsp3) is 0.176. The molecule has 0 amide bonds. The molecule has 0 aromatic carbocycles. The molecule has 6 nitrogen and oxygen atoms in total. The van der Waals surface area contributed by atoms with Crippen molar-refractivity contribution in [3.8, 4) is 17.1 Å². The van der Waals surface area contributed by atoms with E-state index in [1.807, 2.05) is 25.1 Å². The number of anilines is 1. The molecular weight excluding hydrogens is 328 g/mol. The van der Waals surface area contributed by atoms with Gasteiger partial charge in [-0.2, -0.15) is 8.78 Å². The van der Waals surface area contributed by atoms with Gasteiger partial charge < -0.3 is 10.1 Å². The Balaban J connectivity index is 1.70. The smallest absolute Gasteiger partial charge is 0.387 e. The van der Waals surface area contributed by atoms with Crippen molar-refractivity contribution in [2.24, 2.45) is 0 Å². The third-order valence-corrected chi connectivity index (χ3v) is 3.27. The molecule has 0 aliphatic carbocycles. The van der Waals surface area contributed by atoms with Crippen molar-refractivity contribution in [1.29, 1.82) is 0 Å². The number of aromatic nitrogens is 4. The standard InChI is InChI=1S/C17H15F2N5O/c1-11-8-15(24-16(23-11)12-4-6-20-7-5-12)22-9-13-2-3-14(10-21-13)25-17(18)19/h2-8,10,17H,9H2,1H3,(H,22,23,24). The molecule has 0 saturated carbocycles. The molecule has 25 heavy (non-hydrogen) atoms. The van der Waals surface area contributed by atoms with Crippen molar-refractivity contribution in [1.82, 2.24) is 19.9 Å². The summed E-state index contributed by atoms with van der Waals surface area (Å²) < 4.78 is 28.5. The summed E-state index contributed by atoms with van der Waals surface area (Å²) in [5, 5.41) is 3.15. The summed E-state index contributed by atoms with van der Waals surface area (Å²) in [4.78, 5) is 16.9. The number of halogens is 2. The van der Waals surface area contributed by atoms with Crippen LogP contribution in [0.2, 0.25) is 0 Å². The number of hydrogen-bond acceptors (Lipinski definition) is 6. The van der Waals surface area contributed by atoms with Crippen molar-refractivity contribution in [3.05, 3.63) is 60.3 Å². The number of alkyl halides is 2. The molecule has 3 rings (SSSR count). The maximum absolute atomic E-state index is 12.1. The lowest BCUT2D eigenvalue weighted by Gasteiger charge is -2.09. The number of nitrogens with one attached hydrogen (secondary N) is 1. The Hall–Kier alpha value is -3.16. The predicted molar refractivity (Wildman–Crippen MR) is 88.2 cm³/mol. The molecule has 0 saturated heterocycles. The molecule has 3 aromatic rings. The van der Waals surface area contributed by atoms with Gasteiger partial charge in [-0.05, 0) is 31.2 Å². The van der Waals surface area contributed by atoms with Gasteiger partial charge in [0.05, 0.1) is 18.4 Å². The van der Waals surface area contributed by atoms with Crippen molar-refractivity contribution < 1.29 is 13.5 Å². The Morgan fingerprint density at radius 1 is 1.12 bits per heavy atom. The molecule has 0 bridgehead atoms. The van der Waals surface area contributed by atoms with E-state index in [1.165, 1.54) is 12.3 Å². The van der Waals surface area contributed by atoms with Crippen LogP contribution in [-0.2, 0) is 6.54 Å². The third-order valence-electron chi connectivity index (χ3n) is 3.27. The summed E-state index contributed by atoms with van der Waals surface area (Å²) >= 11 is 0. The number of rotatable bonds is 6. The van der Waals surface area contributed by atoms with Gasteiger partial charge in [0, 0.05) is 29.7 Å². The van der Waals surface area contributed by atoms with Gasteiger partial charge in [-0.15, -0.1) is 0 Å². The van der Waals surface area contributed by atoms with Crippen LogP contribution in [0.15, 0.2) is 48.9 Å². The Morgan fingerprint density at radius 2 is 1.92 bits per heavy atom. The van der Waals surface area contributed by atoms with Crippen LogP contribution in [-0.4, -0.2) is 26.5 Å². The van der Waals surface area contributed by atoms with E-state index in [1.54, 1.807) is 18.5 Å². The van der Waals surface area contributed by atoms with Gasteiger partial charge in [0.25, 0.3) is 0 Å². The van der Waals surface area contributed by atoms with Gasteiger partial charge in [0.15, 0.2) is 5.82 Å². The van der Waals surface area contributed by atoms with Crippen LogP contribution in [0.1, 0.15) is 11.4 Å². The predicted octanol–water partition coefficient (Wildman–Crippen LogP) is 3.46. The van der Waals surface area contributed by atoms with E-state index >= 15 is 0 Å². The van der Waals surface area contributed by atoms with Gasteiger partial charge in [-0.25, -0.2) is 9.97 Å². The van der Waals surface area contributed by atoms with E-state index in [2.05, 4.69) is 30.0 Å². The minimum Gasteiger partial charge on any atom is -0.433 e. The van der Waals surface area contributed by atoms with Crippen LogP contribution in [0.5, 0.6) is 5.75 Å². The molecule has 0 unspecified atom stereocenters. The zero-order valence-corrected chi connectivity index (χ0v) is 13.4. The van der Waals surface area contributed by atoms with Gasteiger partial charge >= 0.3 is 6.61 Å². The Bertz CT molecular complexity index is 828. The lowest BCUT2D eigenvalue weighted by atomic mass is 10.2. The maximum atomic E-state index is 12.1. The Kier molecular flexibility index (Phi) is 5.08. The van der Waals surface area contributed by atoms with Crippen LogP contribution in [0.4, 0.5) is 14.6 Å². The maximum Gasteiger partial charge on any atom is 0.387 e. The van der Waals surface area contributed by atoms with Gasteiger partial charge in [0.1, 0.15) is 11.6 Å². The number of pyridine rings is 2. The molecule has 3 aromatic heterocycles. The van der Waals surface area contributed by atoms with Crippen LogP contribution in [0.3, 0.4) is 0 Å². The highest BCUT2D eigenvalue weighted by Crippen LogP contribution is 2.18. The molecule has 0 radical (unpaired) electrons. The van der Waals surface area contributed by atoms with Crippen LogP contribution in [0, 0.1) is 6.92 Å². The van der Waals surface area contributed by atoms with E-state index in [0.29, 0.717) is 23.9 Å². The highest BCUT2D eigenvalue weighted by molar-refractivity contribution is 5.56. The van der Waals surface area contributed by atoms with Crippen LogP contribution < -0.4 is 10.1 Å². The average molecular weight is 343 g/mol. The summed E-state index contributed by atoms with van der Waals surface area (Å²) in [5.41, 5.74) is 2.36. The number of ether oxygens (including phenoxy) is 1. The van der Waals surface area contributed by atoms with Crippen molar-refractivity contribution in [3.63, 3.8) is 0 Å². The minimum atomic E-state index is -2.86. The third kappa shape index (κ3) is 4.66. The van der Waals surface area contributed by atoms with Crippen molar-refractivity contribution in [2.75, 3.05) is 5.32 Å². The highest BCUT2D eigenvalue weighted by atomic mass is 19.3. The second-order valence-corrected chi connectivity index (χ2v) is 5.17. The zero-order chi connectivity index (χ0) is 17.6. The molecule has 1 N–H and O–H groups in total. The lowest BCUT2D eigenvalue weighted by molar-refractivity contribution is -0.0500. The first-order chi connectivity index (χ1) is 12.1. The van der Waals surface area contributed by atoms with Crippen LogP contribution >= 0.6 is 0 Å². The monoisotopic (exact) mass is 343 g/mol. The summed E-state index contributed by atoms with van der Waals surface area (Å²) in [6.07, 6.45) is 4.62. The molecule has 0 aliphatic heterocycles. The largest absolute Gasteiger partial charge is 0.433 e. The first-order valence-corrected chi connectivity index (χ1v) is 7.50. The zero-order valence-electron chi connectivity index (χ0n) is 13.4. The first-order valence-electron chi connectivity index (χ1n) is 7.50. The van der Waals surface area contributed by atoms with Gasteiger partial charge in [-0.1, -0.05) is 0 Å². The lowest BCUT2D eigenvalue weighted by Crippen LogP contribution is -2.06.